The normalized spacial score (nSPS) is 10.4. The molecule has 5 heteroatoms. The number of benzene rings is 1. The maximum atomic E-state index is 11.9. The van der Waals surface area contributed by atoms with Gasteiger partial charge in [0.05, 0.1) is 28.8 Å². The van der Waals surface area contributed by atoms with Gasteiger partial charge >= 0.3 is 0 Å². The van der Waals surface area contributed by atoms with E-state index < -0.39 is 0 Å². The molecule has 0 saturated carbocycles. The highest BCUT2D eigenvalue weighted by Gasteiger charge is 2.09. The van der Waals surface area contributed by atoms with Crippen LogP contribution in [0, 0.1) is 11.3 Å². The maximum Gasteiger partial charge on any atom is 0.226 e. The number of hydrogen-bond acceptors (Lipinski definition) is 4. The first kappa shape index (κ1) is 15.2. The molecule has 1 N–H and O–H groups in total. The molecule has 0 bridgehead atoms. The van der Waals surface area contributed by atoms with Gasteiger partial charge in [0.1, 0.15) is 0 Å². The standard InChI is InChI=1S/C16H17N3OS/c1-11(2)16-19-14(10-21-16)7-15(20)18-9-13-5-3-12(8-17)4-6-13/h3-6,10-11H,7,9H2,1-2H3,(H,18,20). The van der Waals surface area contributed by atoms with Crippen molar-refractivity contribution in [2.24, 2.45) is 0 Å². The van der Waals surface area contributed by atoms with Crippen LogP contribution in [0.3, 0.4) is 0 Å². The number of nitrogens with one attached hydrogen (secondary N) is 1. The number of rotatable bonds is 5. The van der Waals surface area contributed by atoms with Gasteiger partial charge < -0.3 is 5.32 Å². The third-order valence-electron chi connectivity index (χ3n) is 2.98. The molecule has 4 nitrogen and oxygen atoms in total. The van der Waals surface area contributed by atoms with Crippen molar-refractivity contribution in [2.75, 3.05) is 0 Å². The van der Waals surface area contributed by atoms with E-state index in [0.717, 1.165) is 16.3 Å². The van der Waals surface area contributed by atoms with E-state index in [0.29, 0.717) is 24.4 Å². The van der Waals surface area contributed by atoms with Crippen molar-refractivity contribution in [2.45, 2.75) is 32.7 Å². The van der Waals surface area contributed by atoms with Gasteiger partial charge in [-0.25, -0.2) is 4.98 Å². The number of aromatic nitrogens is 1. The van der Waals surface area contributed by atoms with E-state index in [9.17, 15) is 4.79 Å². The third kappa shape index (κ3) is 4.40. The molecule has 2 rings (SSSR count). The minimum atomic E-state index is -0.0417. The largest absolute Gasteiger partial charge is 0.352 e. The van der Waals surface area contributed by atoms with E-state index >= 15 is 0 Å². The van der Waals surface area contributed by atoms with Gasteiger partial charge in [0, 0.05) is 17.8 Å². The molecule has 2 aromatic rings. The van der Waals surface area contributed by atoms with Crippen molar-refractivity contribution >= 4 is 17.2 Å². The smallest absolute Gasteiger partial charge is 0.226 e. The van der Waals surface area contributed by atoms with E-state index in [-0.39, 0.29) is 5.91 Å². The van der Waals surface area contributed by atoms with Crippen LogP contribution in [0.15, 0.2) is 29.6 Å². The average molecular weight is 299 g/mol. The predicted molar refractivity (Wildman–Crippen MR) is 82.9 cm³/mol. The Bertz CT molecular complexity index is 653. The van der Waals surface area contributed by atoms with Crippen LogP contribution < -0.4 is 5.32 Å². The van der Waals surface area contributed by atoms with Crippen LogP contribution in [0.5, 0.6) is 0 Å². The molecule has 1 aromatic carbocycles. The molecule has 0 aliphatic rings. The van der Waals surface area contributed by atoms with Crippen LogP contribution in [-0.2, 0) is 17.8 Å². The first-order valence-electron chi connectivity index (χ1n) is 6.78. The van der Waals surface area contributed by atoms with Gasteiger partial charge in [0.25, 0.3) is 0 Å². The van der Waals surface area contributed by atoms with Crippen LogP contribution in [0.25, 0.3) is 0 Å². The van der Waals surface area contributed by atoms with E-state index in [2.05, 4.69) is 30.2 Å². The molecule has 0 aliphatic carbocycles. The fourth-order valence-electron chi connectivity index (χ4n) is 1.79. The van der Waals surface area contributed by atoms with Gasteiger partial charge in [-0.1, -0.05) is 26.0 Å². The van der Waals surface area contributed by atoms with Crippen LogP contribution >= 0.6 is 11.3 Å². The number of hydrogen-bond donors (Lipinski definition) is 1. The Labute approximate surface area is 128 Å². The molecule has 21 heavy (non-hydrogen) atoms. The molecule has 0 saturated heterocycles. The van der Waals surface area contributed by atoms with Crippen molar-refractivity contribution < 1.29 is 4.79 Å². The van der Waals surface area contributed by atoms with E-state index in [1.165, 1.54) is 0 Å². The monoisotopic (exact) mass is 299 g/mol. The summed E-state index contributed by atoms with van der Waals surface area (Å²) in [5.41, 5.74) is 2.42. The summed E-state index contributed by atoms with van der Waals surface area (Å²) in [6, 6.07) is 9.25. The van der Waals surface area contributed by atoms with E-state index in [1.54, 1.807) is 23.5 Å². The van der Waals surface area contributed by atoms with E-state index in [1.807, 2.05) is 17.5 Å². The summed E-state index contributed by atoms with van der Waals surface area (Å²) in [5.74, 6) is 0.352. The summed E-state index contributed by atoms with van der Waals surface area (Å²) < 4.78 is 0. The highest BCUT2D eigenvalue weighted by Crippen LogP contribution is 2.19. The summed E-state index contributed by atoms with van der Waals surface area (Å²) >= 11 is 1.60. The highest BCUT2D eigenvalue weighted by molar-refractivity contribution is 7.09. The number of nitrogens with zero attached hydrogens (tertiary/aromatic N) is 2. The molecule has 1 heterocycles. The summed E-state index contributed by atoms with van der Waals surface area (Å²) in [5, 5.41) is 14.6. The Balaban J connectivity index is 1.85. The van der Waals surface area contributed by atoms with Crippen molar-refractivity contribution in [3.63, 3.8) is 0 Å². The molecular formula is C16H17N3OS. The zero-order chi connectivity index (χ0) is 15.2. The van der Waals surface area contributed by atoms with Gasteiger partial charge in [-0.3, -0.25) is 4.79 Å². The average Bonchev–Trinajstić information content (AvgIpc) is 2.94. The summed E-state index contributed by atoms with van der Waals surface area (Å²) in [6.45, 7) is 4.65. The zero-order valence-electron chi connectivity index (χ0n) is 12.1. The van der Waals surface area contributed by atoms with Crippen molar-refractivity contribution in [3.8, 4) is 6.07 Å². The Morgan fingerprint density at radius 2 is 2.10 bits per heavy atom. The molecule has 0 fully saturated rings. The molecule has 0 radical (unpaired) electrons. The SMILES string of the molecule is CC(C)c1nc(CC(=O)NCc2ccc(C#N)cc2)cs1. The minimum absolute atomic E-state index is 0.0417. The summed E-state index contributed by atoms with van der Waals surface area (Å²) in [7, 11) is 0. The quantitative estimate of drug-likeness (QED) is 0.923. The first-order valence-corrected chi connectivity index (χ1v) is 7.66. The number of nitriles is 1. The van der Waals surface area contributed by atoms with Gasteiger partial charge in [-0.05, 0) is 17.7 Å². The lowest BCUT2D eigenvalue weighted by Crippen LogP contribution is -2.24. The summed E-state index contributed by atoms with van der Waals surface area (Å²) in [6.07, 6.45) is 0.305. The third-order valence-corrected chi connectivity index (χ3v) is 4.17. The number of carbonyl (C=O) groups is 1. The lowest BCUT2D eigenvalue weighted by Gasteiger charge is -2.04. The van der Waals surface area contributed by atoms with E-state index in [4.69, 9.17) is 5.26 Å². The highest BCUT2D eigenvalue weighted by atomic mass is 32.1. The van der Waals surface area contributed by atoms with Gasteiger partial charge in [-0.2, -0.15) is 5.26 Å². The molecule has 0 spiro atoms. The lowest BCUT2D eigenvalue weighted by molar-refractivity contribution is -0.120. The second-order valence-electron chi connectivity index (χ2n) is 5.09. The molecule has 1 aromatic heterocycles. The fraction of sp³-hybridized carbons (Fsp3) is 0.312. The second-order valence-corrected chi connectivity index (χ2v) is 5.98. The van der Waals surface area contributed by atoms with Gasteiger partial charge in [-0.15, -0.1) is 11.3 Å². The van der Waals surface area contributed by atoms with Gasteiger partial charge in [0.2, 0.25) is 5.91 Å². The Morgan fingerprint density at radius 3 is 2.67 bits per heavy atom. The first-order chi connectivity index (χ1) is 10.1. The molecule has 1 amide bonds. The van der Waals surface area contributed by atoms with Crippen LogP contribution in [0.2, 0.25) is 0 Å². The summed E-state index contributed by atoms with van der Waals surface area (Å²) in [4.78, 5) is 16.3. The maximum absolute atomic E-state index is 11.9. The Hall–Kier alpha value is -2.19. The van der Waals surface area contributed by atoms with Crippen LogP contribution in [-0.4, -0.2) is 10.9 Å². The Morgan fingerprint density at radius 1 is 1.38 bits per heavy atom. The molecule has 108 valence electrons. The number of amides is 1. The molecule has 0 atom stereocenters. The van der Waals surface area contributed by atoms with Crippen LogP contribution in [0.4, 0.5) is 0 Å². The number of thiazole rings is 1. The zero-order valence-corrected chi connectivity index (χ0v) is 12.9. The van der Waals surface area contributed by atoms with Crippen LogP contribution in [0.1, 0.15) is 41.6 Å². The van der Waals surface area contributed by atoms with Crippen molar-refractivity contribution in [1.29, 1.82) is 5.26 Å². The fourth-order valence-corrected chi connectivity index (χ4v) is 2.63. The second kappa shape index (κ2) is 7.00. The minimum Gasteiger partial charge on any atom is -0.352 e. The lowest BCUT2D eigenvalue weighted by atomic mass is 10.1. The predicted octanol–water partition coefficient (Wildman–Crippen LogP) is 3.00. The molecule has 0 aliphatic heterocycles. The van der Waals surface area contributed by atoms with Crippen molar-refractivity contribution in [1.82, 2.24) is 10.3 Å². The molecular weight excluding hydrogens is 282 g/mol. The number of carbonyl (C=O) groups excluding carboxylic acids is 1. The topological polar surface area (TPSA) is 65.8 Å². The molecule has 0 unspecified atom stereocenters. The van der Waals surface area contributed by atoms with Gasteiger partial charge in [0.15, 0.2) is 0 Å². The Kier molecular flexibility index (Phi) is 5.07. The van der Waals surface area contributed by atoms with Crippen molar-refractivity contribution in [3.05, 3.63) is 51.5 Å².